The van der Waals surface area contributed by atoms with E-state index in [2.05, 4.69) is 53.3 Å². The van der Waals surface area contributed by atoms with E-state index in [4.69, 9.17) is 0 Å². The molecule has 0 bridgehead atoms. The summed E-state index contributed by atoms with van der Waals surface area (Å²) in [5.74, 6) is 0. The van der Waals surface area contributed by atoms with Crippen LogP contribution in [0.2, 0.25) is 0 Å². The lowest BCUT2D eigenvalue weighted by atomic mass is 9.82. The van der Waals surface area contributed by atoms with Gasteiger partial charge in [-0.2, -0.15) is 0 Å². The second-order valence-electron chi connectivity index (χ2n) is 3.96. The Kier molecular flexibility index (Phi) is 2.11. The van der Waals surface area contributed by atoms with Crippen molar-refractivity contribution in [2.24, 2.45) is 0 Å². The molecule has 0 spiro atoms. The molecule has 13 heavy (non-hydrogen) atoms. The van der Waals surface area contributed by atoms with Gasteiger partial charge in [0.2, 0.25) is 0 Å². The number of benzene rings is 1. The monoisotopic (exact) mass is 239 g/mol. The van der Waals surface area contributed by atoms with Gasteiger partial charge in [0.25, 0.3) is 0 Å². The predicted octanol–water partition coefficient (Wildman–Crippen LogP) is 3.54. The zero-order valence-corrected chi connectivity index (χ0v) is 9.61. The minimum absolute atomic E-state index is 0.319. The van der Waals surface area contributed by atoms with Crippen molar-refractivity contribution in [3.63, 3.8) is 0 Å². The molecule has 1 nitrogen and oxygen atoms in total. The van der Waals surface area contributed by atoms with Crippen molar-refractivity contribution in [3.05, 3.63) is 28.2 Å². The van der Waals surface area contributed by atoms with Gasteiger partial charge in [-0.1, -0.05) is 29.8 Å². The molecule has 1 atom stereocenters. The topological polar surface area (TPSA) is 12.0 Å². The number of hydrogen-bond donors (Lipinski definition) is 1. The zero-order valence-electron chi connectivity index (χ0n) is 8.02. The largest absolute Gasteiger partial charge is 0.384 e. The maximum atomic E-state index is 3.52. The molecule has 2 heteroatoms. The summed E-state index contributed by atoms with van der Waals surface area (Å²) in [5, 5.41) is 3.45. The molecule has 0 radical (unpaired) electrons. The van der Waals surface area contributed by atoms with E-state index >= 15 is 0 Å². The van der Waals surface area contributed by atoms with Crippen LogP contribution >= 0.6 is 15.9 Å². The van der Waals surface area contributed by atoms with E-state index in [-0.39, 0.29) is 0 Å². The van der Waals surface area contributed by atoms with E-state index in [1.165, 1.54) is 22.1 Å². The average Bonchev–Trinajstić information content (AvgIpc) is 2.45. The zero-order chi connectivity index (χ0) is 9.47. The van der Waals surface area contributed by atoms with Crippen LogP contribution in [0.5, 0.6) is 0 Å². The highest BCUT2D eigenvalue weighted by molar-refractivity contribution is 9.10. The standard InChI is InChI=1S/C11H14BrN/c1-3-11(2)7-13-10-5-4-8(12)6-9(10)11/h4-6,13H,3,7H2,1-2H3. The number of halogens is 1. The van der Waals surface area contributed by atoms with E-state index in [1.807, 2.05) is 0 Å². The van der Waals surface area contributed by atoms with E-state index in [9.17, 15) is 0 Å². The van der Waals surface area contributed by atoms with Crippen molar-refractivity contribution in [1.82, 2.24) is 0 Å². The molecule has 0 amide bonds. The highest BCUT2D eigenvalue weighted by atomic mass is 79.9. The Balaban J connectivity index is 2.52. The molecule has 0 saturated carbocycles. The summed E-state index contributed by atoms with van der Waals surface area (Å²) in [4.78, 5) is 0. The van der Waals surface area contributed by atoms with Crippen LogP contribution in [0.1, 0.15) is 25.8 Å². The molecular formula is C11H14BrN. The van der Waals surface area contributed by atoms with Crippen molar-refractivity contribution in [2.75, 3.05) is 11.9 Å². The van der Waals surface area contributed by atoms with Gasteiger partial charge in [0.05, 0.1) is 0 Å². The van der Waals surface area contributed by atoms with Crippen molar-refractivity contribution in [2.45, 2.75) is 25.7 Å². The fourth-order valence-electron chi connectivity index (χ4n) is 1.87. The molecule has 1 aliphatic heterocycles. The third kappa shape index (κ3) is 1.37. The van der Waals surface area contributed by atoms with Crippen LogP contribution in [-0.2, 0) is 5.41 Å². The predicted molar refractivity (Wildman–Crippen MR) is 60.3 cm³/mol. The van der Waals surface area contributed by atoms with Crippen LogP contribution in [0.25, 0.3) is 0 Å². The summed E-state index contributed by atoms with van der Waals surface area (Å²) < 4.78 is 1.18. The van der Waals surface area contributed by atoms with Gasteiger partial charge in [-0.05, 0) is 30.2 Å². The van der Waals surface area contributed by atoms with Crippen LogP contribution in [0.4, 0.5) is 5.69 Å². The molecule has 0 saturated heterocycles. The van der Waals surface area contributed by atoms with Crippen LogP contribution in [0, 0.1) is 0 Å². The summed E-state index contributed by atoms with van der Waals surface area (Å²) in [7, 11) is 0. The first-order valence-electron chi connectivity index (χ1n) is 4.69. The Labute approximate surface area is 87.7 Å². The fourth-order valence-corrected chi connectivity index (χ4v) is 2.23. The molecule has 70 valence electrons. The number of hydrogen-bond acceptors (Lipinski definition) is 1. The third-order valence-electron chi connectivity index (χ3n) is 3.08. The summed E-state index contributed by atoms with van der Waals surface area (Å²) in [6.07, 6.45) is 1.18. The molecule has 1 aliphatic rings. The molecule has 0 fully saturated rings. The highest BCUT2D eigenvalue weighted by Gasteiger charge is 2.32. The molecule has 1 unspecified atom stereocenters. The maximum Gasteiger partial charge on any atom is 0.0380 e. The summed E-state index contributed by atoms with van der Waals surface area (Å²) >= 11 is 3.52. The fraction of sp³-hybridized carbons (Fsp3) is 0.455. The number of anilines is 1. The first-order valence-corrected chi connectivity index (χ1v) is 5.49. The highest BCUT2D eigenvalue weighted by Crippen LogP contribution is 2.39. The summed E-state index contributed by atoms with van der Waals surface area (Å²) in [6, 6.07) is 6.48. The van der Waals surface area contributed by atoms with Crippen LogP contribution in [0.15, 0.2) is 22.7 Å². The van der Waals surface area contributed by atoms with Gasteiger partial charge in [-0.15, -0.1) is 0 Å². The van der Waals surface area contributed by atoms with Gasteiger partial charge in [0, 0.05) is 22.1 Å². The Morgan fingerprint density at radius 2 is 2.31 bits per heavy atom. The minimum atomic E-state index is 0.319. The van der Waals surface area contributed by atoms with Crippen molar-refractivity contribution >= 4 is 21.6 Å². The van der Waals surface area contributed by atoms with Gasteiger partial charge in [-0.25, -0.2) is 0 Å². The lowest BCUT2D eigenvalue weighted by Crippen LogP contribution is -2.22. The van der Waals surface area contributed by atoms with E-state index in [0.717, 1.165) is 6.54 Å². The van der Waals surface area contributed by atoms with Crippen molar-refractivity contribution in [1.29, 1.82) is 0 Å². The quantitative estimate of drug-likeness (QED) is 0.791. The number of rotatable bonds is 1. The van der Waals surface area contributed by atoms with Gasteiger partial charge < -0.3 is 5.32 Å². The molecule has 1 aromatic carbocycles. The number of nitrogens with one attached hydrogen (secondary N) is 1. The Bertz CT molecular complexity index is 335. The van der Waals surface area contributed by atoms with Gasteiger partial charge in [0.1, 0.15) is 0 Å². The van der Waals surface area contributed by atoms with E-state index in [0.29, 0.717) is 5.41 Å². The van der Waals surface area contributed by atoms with Gasteiger partial charge in [0.15, 0.2) is 0 Å². The first-order chi connectivity index (χ1) is 6.15. The summed E-state index contributed by atoms with van der Waals surface area (Å²) in [5.41, 5.74) is 3.07. The first kappa shape index (κ1) is 9.07. The molecule has 1 aromatic rings. The summed E-state index contributed by atoms with van der Waals surface area (Å²) in [6.45, 7) is 5.63. The minimum Gasteiger partial charge on any atom is -0.384 e. The van der Waals surface area contributed by atoms with E-state index in [1.54, 1.807) is 0 Å². The lowest BCUT2D eigenvalue weighted by Gasteiger charge is -2.21. The molecule has 0 aliphatic carbocycles. The molecular weight excluding hydrogens is 226 g/mol. The van der Waals surface area contributed by atoms with Crippen LogP contribution < -0.4 is 5.32 Å². The maximum absolute atomic E-state index is 3.52. The van der Waals surface area contributed by atoms with E-state index < -0.39 is 0 Å². The lowest BCUT2D eigenvalue weighted by molar-refractivity contribution is 0.504. The molecule has 1 N–H and O–H groups in total. The van der Waals surface area contributed by atoms with Gasteiger partial charge >= 0.3 is 0 Å². The second-order valence-corrected chi connectivity index (χ2v) is 4.87. The Morgan fingerprint density at radius 1 is 1.54 bits per heavy atom. The Morgan fingerprint density at radius 3 is 3.00 bits per heavy atom. The molecule has 0 aromatic heterocycles. The Hall–Kier alpha value is -0.500. The van der Waals surface area contributed by atoms with Crippen molar-refractivity contribution < 1.29 is 0 Å². The second kappa shape index (κ2) is 3.02. The smallest absolute Gasteiger partial charge is 0.0380 e. The SMILES string of the molecule is CCC1(C)CNc2ccc(Br)cc21. The van der Waals surface area contributed by atoms with Crippen molar-refractivity contribution in [3.8, 4) is 0 Å². The third-order valence-corrected chi connectivity index (χ3v) is 3.57. The number of fused-ring (bicyclic) bond motifs is 1. The van der Waals surface area contributed by atoms with Crippen LogP contribution in [-0.4, -0.2) is 6.54 Å². The normalized spacial score (nSPS) is 25.5. The molecule has 2 rings (SSSR count). The molecule has 1 heterocycles. The average molecular weight is 240 g/mol. The van der Waals surface area contributed by atoms with Gasteiger partial charge in [-0.3, -0.25) is 0 Å². The van der Waals surface area contributed by atoms with Crippen LogP contribution in [0.3, 0.4) is 0 Å².